The second kappa shape index (κ2) is 12.0. The molecule has 1 aromatic heterocycles. The lowest BCUT2D eigenvalue weighted by Gasteiger charge is -2.30. The number of carbonyl (C=O) groups is 3. The number of aryl methyl sites for hydroxylation is 2. The van der Waals surface area contributed by atoms with Crippen LogP contribution in [0.2, 0.25) is 0 Å². The second-order valence-corrected chi connectivity index (χ2v) is 8.50. The van der Waals surface area contributed by atoms with Crippen LogP contribution in [-0.4, -0.2) is 71.9 Å². The molecule has 32 heavy (non-hydrogen) atoms. The molecule has 1 fully saturated rings. The number of nitrogens with one attached hydrogen (secondary N) is 1. The van der Waals surface area contributed by atoms with Gasteiger partial charge in [0, 0.05) is 52.7 Å². The number of fused-ring (bicyclic) bond motifs is 1. The third kappa shape index (κ3) is 6.31. The van der Waals surface area contributed by atoms with Gasteiger partial charge in [0.05, 0.1) is 29.5 Å². The highest BCUT2D eigenvalue weighted by molar-refractivity contribution is 5.96. The predicted octanol–water partition coefficient (Wildman–Crippen LogP) is 1.72. The topological polar surface area (TPSA) is 103 Å². The highest BCUT2D eigenvalue weighted by atomic mass is 16.5. The average Bonchev–Trinajstić information content (AvgIpc) is 3.13. The molecule has 2 amide bonds. The Balaban J connectivity index is 1.58. The summed E-state index contributed by atoms with van der Waals surface area (Å²) in [7, 11) is 0. The third-order valence-electron chi connectivity index (χ3n) is 6.10. The van der Waals surface area contributed by atoms with Crippen molar-refractivity contribution in [1.82, 2.24) is 20.0 Å². The molecule has 0 aliphatic carbocycles. The lowest BCUT2D eigenvalue weighted by molar-refractivity contribution is -0.151. The molecule has 3 heterocycles. The first-order valence-electron chi connectivity index (χ1n) is 11.9. The van der Waals surface area contributed by atoms with Crippen LogP contribution in [-0.2, 0) is 38.4 Å². The maximum atomic E-state index is 12.8. The van der Waals surface area contributed by atoms with Gasteiger partial charge < -0.3 is 19.7 Å². The summed E-state index contributed by atoms with van der Waals surface area (Å²) in [5.41, 5.74) is 2.43. The molecule has 0 bridgehead atoms. The van der Waals surface area contributed by atoms with Gasteiger partial charge >= 0.3 is 5.97 Å². The van der Waals surface area contributed by atoms with Gasteiger partial charge in [-0.25, -0.2) is 0 Å². The molecule has 1 saturated heterocycles. The summed E-state index contributed by atoms with van der Waals surface area (Å²) in [6.45, 7) is 7.46. The van der Waals surface area contributed by atoms with Crippen LogP contribution in [0.4, 0.5) is 0 Å². The molecule has 2 aliphatic heterocycles. The van der Waals surface area contributed by atoms with Crippen molar-refractivity contribution in [2.45, 2.75) is 65.3 Å². The first-order valence-corrected chi connectivity index (χ1v) is 11.9. The number of amides is 2. The fourth-order valence-electron chi connectivity index (χ4n) is 4.37. The lowest BCUT2D eigenvalue weighted by atomic mass is 9.98. The number of likely N-dealkylation sites (tertiary alicyclic amines) is 1. The molecular weight excluding hydrogens is 412 g/mol. The molecule has 2 aliphatic rings. The molecule has 9 nitrogen and oxygen atoms in total. The Labute approximate surface area is 189 Å². The minimum Gasteiger partial charge on any atom is -0.465 e. The van der Waals surface area contributed by atoms with Gasteiger partial charge in [0.15, 0.2) is 0 Å². The van der Waals surface area contributed by atoms with Gasteiger partial charge in [0.25, 0.3) is 5.91 Å². The summed E-state index contributed by atoms with van der Waals surface area (Å²) in [6, 6.07) is 0. The maximum absolute atomic E-state index is 12.8. The number of rotatable bonds is 6. The Morgan fingerprint density at radius 1 is 1.25 bits per heavy atom. The van der Waals surface area contributed by atoms with Crippen LogP contribution in [0.3, 0.4) is 0 Å². The molecular formula is C23H36N4O5. The predicted molar refractivity (Wildman–Crippen MR) is 118 cm³/mol. The smallest absolute Gasteiger partial charge is 0.310 e. The van der Waals surface area contributed by atoms with Crippen molar-refractivity contribution in [3.63, 3.8) is 0 Å². The Morgan fingerprint density at radius 2 is 2.06 bits per heavy atom. The third-order valence-corrected chi connectivity index (χ3v) is 6.10. The van der Waals surface area contributed by atoms with E-state index in [9.17, 15) is 14.4 Å². The fraction of sp³-hybridized carbons (Fsp3) is 0.739. The van der Waals surface area contributed by atoms with E-state index in [0.29, 0.717) is 64.4 Å². The van der Waals surface area contributed by atoms with Crippen molar-refractivity contribution < 1.29 is 23.9 Å². The Morgan fingerprint density at radius 3 is 2.84 bits per heavy atom. The van der Waals surface area contributed by atoms with Crippen molar-refractivity contribution in [1.29, 1.82) is 0 Å². The van der Waals surface area contributed by atoms with E-state index in [1.807, 2.05) is 11.6 Å². The minimum absolute atomic E-state index is 0.000968. The normalized spacial score (nSPS) is 20.1. The molecule has 3 rings (SSSR count). The van der Waals surface area contributed by atoms with E-state index in [0.717, 1.165) is 43.5 Å². The van der Waals surface area contributed by atoms with E-state index < -0.39 is 0 Å². The Kier molecular flexibility index (Phi) is 9.08. The first-order chi connectivity index (χ1) is 15.5. The summed E-state index contributed by atoms with van der Waals surface area (Å²) in [5.74, 6) is -0.546. The zero-order valence-corrected chi connectivity index (χ0v) is 19.4. The molecule has 178 valence electrons. The molecule has 0 radical (unpaired) electrons. The summed E-state index contributed by atoms with van der Waals surface area (Å²) in [6.07, 6.45) is 5.23. The first kappa shape index (κ1) is 24.2. The van der Waals surface area contributed by atoms with E-state index >= 15 is 0 Å². The van der Waals surface area contributed by atoms with Crippen LogP contribution in [0.15, 0.2) is 0 Å². The number of hydrogen-bond donors (Lipinski definition) is 1. The van der Waals surface area contributed by atoms with Crippen LogP contribution in [0.25, 0.3) is 0 Å². The number of carbonyl (C=O) groups excluding carboxylic acids is 3. The van der Waals surface area contributed by atoms with Gasteiger partial charge in [-0.1, -0.05) is 6.92 Å². The summed E-state index contributed by atoms with van der Waals surface area (Å²) < 4.78 is 13.0. The van der Waals surface area contributed by atoms with Crippen LogP contribution >= 0.6 is 0 Å². The number of piperidine rings is 1. The van der Waals surface area contributed by atoms with Crippen molar-refractivity contribution in [3.8, 4) is 0 Å². The minimum atomic E-state index is -0.246. The monoisotopic (exact) mass is 448 g/mol. The van der Waals surface area contributed by atoms with E-state index in [2.05, 4.69) is 5.32 Å². The van der Waals surface area contributed by atoms with Crippen LogP contribution < -0.4 is 5.32 Å². The number of ether oxygens (including phenoxy) is 2. The summed E-state index contributed by atoms with van der Waals surface area (Å²) in [5, 5.41) is 7.68. The number of nitrogens with zero attached hydrogens (tertiary/aromatic N) is 3. The number of esters is 1. The van der Waals surface area contributed by atoms with Gasteiger partial charge in [-0.15, -0.1) is 0 Å². The second-order valence-electron chi connectivity index (χ2n) is 8.50. The van der Waals surface area contributed by atoms with E-state index in [-0.39, 0.29) is 23.7 Å². The van der Waals surface area contributed by atoms with Gasteiger partial charge in [0.2, 0.25) is 5.91 Å². The molecule has 1 atom stereocenters. The lowest BCUT2D eigenvalue weighted by Crippen LogP contribution is -2.41. The van der Waals surface area contributed by atoms with Crippen LogP contribution in [0.5, 0.6) is 0 Å². The molecule has 0 aromatic carbocycles. The summed E-state index contributed by atoms with van der Waals surface area (Å²) in [4.78, 5) is 38.5. The van der Waals surface area contributed by atoms with E-state index in [1.54, 1.807) is 4.90 Å². The highest BCUT2D eigenvalue weighted by Gasteiger charge is 2.28. The van der Waals surface area contributed by atoms with Crippen molar-refractivity contribution in [2.75, 3.05) is 39.5 Å². The largest absolute Gasteiger partial charge is 0.465 e. The highest BCUT2D eigenvalue weighted by Crippen LogP contribution is 2.20. The fourth-order valence-corrected chi connectivity index (χ4v) is 4.37. The van der Waals surface area contributed by atoms with Crippen LogP contribution in [0, 0.1) is 5.92 Å². The van der Waals surface area contributed by atoms with E-state index in [4.69, 9.17) is 14.6 Å². The quantitative estimate of drug-likeness (QED) is 0.525. The molecule has 0 saturated carbocycles. The van der Waals surface area contributed by atoms with Crippen LogP contribution in [0.1, 0.15) is 67.7 Å². The van der Waals surface area contributed by atoms with Gasteiger partial charge in [-0.2, -0.15) is 5.10 Å². The molecule has 9 heteroatoms. The van der Waals surface area contributed by atoms with Gasteiger partial charge in [-0.05, 0) is 38.5 Å². The zero-order valence-electron chi connectivity index (χ0n) is 19.4. The number of aromatic nitrogens is 2. The molecule has 0 spiro atoms. The number of hydrogen-bond acceptors (Lipinski definition) is 6. The summed E-state index contributed by atoms with van der Waals surface area (Å²) >= 11 is 0. The van der Waals surface area contributed by atoms with Gasteiger partial charge in [0.1, 0.15) is 0 Å². The molecule has 1 N–H and O–H groups in total. The van der Waals surface area contributed by atoms with Gasteiger partial charge in [-0.3, -0.25) is 19.1 Å². The standard InChI is InChI=1S/C23H36N4O5/c1-3-19-21-20(9-5-13-31-14-6-10-24-22(21)29)27(25-19)12-7-15-32-23(30)18-8-4-11-26(16-18)17(2)28/h18H,3-16H2,1-2H3,(H,24,29). The van der Waals surface area contributed by atoms with Crippen molar-refractivity contribution in [2.24, 2.45) is 5.92 Å². The zero-order chi connectivity index (χ0) is 22.9. The SMILES string of the molecule is CCc1nn(CCCOC(=O)C2CCCN(C(C)=O)C2)c2c1C(=O)NCCCOCCC2. The van der Waals surface area contributed by atoms with E-state index in [1.165, 1.54) is 6.92 Å². The van der Waals surface area contributed by atoms with Crippen molar-refractivity contribution >= 4 is 17.8 Å². The average molecular weight is 449 g/mol. The van der Waals surface area contributed by atoms with Crippen molar-refractivity contribution in [3.05, 3.63) is 17.0 Å². The Hall–Kier alpha value is -2.42. The molecule has 1 aromatic rings. The maximum Gasteiger partial charge on any atom is 0.310 e. The Bertz CT molecular complexity index is 807. The molecule has 1 unspecified atom stereocenters.